The lowest BCUT2D eigenvalue weighted by Gasteiger charge is -2.26. The molecule has 0 aliphatic rings. The first kappa shape index (κ1) is 75.9. The molecule has 0 aliphatic heterocycles. The van der Waals surface area contributed by atoms with Crippen molar-refractivity contribution in [1.29, 1.82) is 0 Å². The molecule has 0 aromatic carbocycles. The molecule has 2 atom stereocenters. The number of likely N-dealkylation sites (N-methyl/N-ethyl adjacent to an activating group) is 1. The van der Waals surface area contributed by atoms with E-state index in [0.717, 1.165) is 128 Å². The van der Waals surface area contributed by atoms with E-state index < -0.39 is 24.3 Å². The van der Waals surface area contributed by atoms with Crippen molar-refractivity contribution in [2.75, 3.05) is 47.5 Å². The number of nitrogens with zero attached hydrogens (tertiary/aromatic N) is 1. The molecule has 2 unspecified atom stereocenters. The Morgan fingerprint density at radius 2 is 0.667 bits per heavy atom. The molecule has 9 heteroatoms. The minimum Gasteiger partial charge on any atom is -0.545 e. The summed E-state index contributed by atoms with van der Waals surface area (Å²) in [6.07, 6.45) is 87.3. The first-order chi connectivity index (χ1) is 39.6. The molecule has 0 spiro atoms. The molecule has 0 aromatic rings. The Morgan fingerprint density at radius 1 is 0.370 bits per heavy atom. The SMILES string of the molecule is CC/C=C\C/C=C\C/C=C\C/C=C\C/C=C\C/C=C\C/C=C\C/C=C\C/C=C\CCCCCC(=O)OC(COC(=O)CCCCCCCCCCCCCC/C=C\C/C=C\C/C=C\C/C=C\CC)COC(OCC[N+](C)(C)C)C(=O)[O-]. The summed E-state index contributed by atoms with van der Waals surface area (Å²) in [6, 6.07) is 0. The molecule has 0 fully saturated rings. The van der Waals surface area contributed by atoms with E-state index in [4.69, 9.17) is 18.9 Å². The monoisotopic (exact) mass is 1120 g/mol. The van der Waals surface area contributed by atoms with Gasteiger partial charge >= 0.3 is 11.9 Å². The molecule has 0 N–H and O–H groups in total. The largest absolute Gasteiger partial charge is 0.545 e. The summed E-state index contributed by atoms with van der Waals surface area (Å²) in [4.78, 5) is 37.4. The third-order valence-electron chi connectivity index (χ3n) is 12.8. The number of carboxylic acid groups (broad SMARTS) is 1. The maximum absolute atomic E-state index is 12.9. The van der Waals surface area contributed by atoms with Crippen LogP contribution in [-0.2, 0) is 33.3 Å². The van der Waals surface area contributed by atoms with E-state index in [1.807, 2.05) is 21.1 Å². The highest BCUT2D eigenvalue weighted by molar-refractivity contribution is 5.70. The minimum absolute atomic E-state index is 0.131. The Bertz CT molecular complexity index is 1880. The Morgan fingerprint density at radius 3 is 1.00 bits per heavy atom. The highest BCUT2D eigenvalue weighted by Crippen LogP contribution is 2.15. The minimum atomic E-state index is -1.64. The Balaban J connectivity index is 4.32. The number of carboxylic acids is 1. The lowest BCUT2D eigenvalue weighted by atomic mass is 10.0. The molecule has 0 aromatic heterocycles. The van der Waals surface area contributed by atoms with Crippen molar-refractivity contribution >= 4 is 17.9 Å². The summed E-state index contributed by atoms with van der Waals surface area (Å²) < 4.78 is 22.7. The van der Waals surface area contributed by atoms with Crippen molar-refractivity contribution in [1.82, 2.24) is 0 Å². The molecule has 0 heterocycles. The van der Waals surface area contributed by atoms with Gasteiger partial charge in [0.2, 0.25) is 0 Å². The number of esters is 2. The van der Waals surface area contributed by atoms with E-state index >= 15 is 0 Å². The zero-order valence-corrected chi connectivity index (χ0v) is 51.8. The van der Waals surface area contributed by atoms with Gasteiger partial charge in [-0.1, -0.05) is 242 Å². The van der Waals surface area contributed by atoms with Crippen LogP contribution in [0.3, 0.4) is 0 Å². The number of carbonyl (C=O) groups excluding carboxylic acids is 3. The van der Waals surface area contributed by atoms with Crippen molar-refractivity contribution in [2.45, 2.75) is 232 Å². The second kappa shape index (κ2) is 61.0. The van der Waals surface area contributed by atoms with Crippen molar-refractivity contribution in [3.63, 3.8) is 0 Å². The topological polar surface area (TPSA) is 111 Å². The first-order valence-corrected chi connectivity index (χ1v) is 31.6. The smallest absolute Gasteiger partial charge is 0.306 e. The van der Waals surface area contributed by atoms with Gasteiger partial charge in [0.15, 0.2) is 12.4 Å². The third kappa shape index (κ3) is 62.4. The van der Waals surface area contributed by atoms with Crippen molar-refractivity contribution < 1.29 is 42.9 Å². The number of unbranched alkanes of at least 4 members (excludes halogenated alkanes) is 15. The van der Waals surface area contributed by atoms with Gasteiger partial charge in [-0.2, -0.15) is 0 Å². The Hall–Kier alpha value is -5.09. The molecule has 0 aliphatic carbocycles. The van der Waals surface area contributed by atoms with Gasteiger partial charge < -0.3 is 33.3 Å². The van der Waals surface area contributed by atoms with Crippen molar-refractivity contribution in [3.05, 3.63) is 158 Å². The summed E-state index contributed by atoms with van der Waals surface area (Å²) in [6.45, 7) is 4.46. The van der Waals surface area contributed by atoms with Crippen LogP contribution in [0.2, 0.25) is 0 Å². The van der Waals surface area contributed by atoms with E-state index in [1.54, 1.807) is 0 Å². The van der Waals surface area contributed by atoms with Crippen LogP contribution in [0.15, 0.2) is 158 Å². The van der Waals surface area contributed by atoms with Crippen LogP contribution in [0.25, 0.3) is 0 Å². The summed E-state index contributed by atoms with van der Waals surface area (Å²) in [5.74, 6) is -2.35. The van der Waals surface area contributed by atoms with Gasteiger partial charge in [-0.25, -0.2) is 0 Å². The Labute approximate surface area is 495 Å². The second-order valence-corrected chi connectivity index (χ2v) is 21.6. The fourth-order valence-electron chi connectivity index (χ4n) is 7.99. The zero-order chi connectivity index (χ0) is 59.1. The fraction of sp³-hybridized carbons (Fsp3) is 0.597. The third-order valence-corrected chi connectivity index (χ3v) is 12.8. The predicted octanol–water partition coefficient (Wildman–Crippen LogP) is 18.0. The van der Waals surface area contributed by atoms with Gasteiger partial charge in [-0.15, -0.1) is 0 Å². The molecule has 0 saturated carbocycles. The van der Waals surface area contributed by atoms with Crippen LogP contribution < -0.4 is 5.11 Å². The van der Waals surface area contributed by atoms with E-state index in [0.29, 0.717) is 17.4 Å². The number of hydrogen-bond donors (Lipinski definition) is 0. The predicted molar refractivity (Wildman–Crippen MR) is 342 cm³/mol. The maximum atomic E-state index is 12.9. The number of carbonyl (C=O) groups is 3. The van der Waals surface area contributed by atoms with Crippen molar-refractivity contribution in [3.8, 4) is 0 Å². The average Bonchev–Trinajstić information content (AvgIpc) is 3.44. The van der Waals surface area contributed by atoms with Crippen LogP contribution in [0.4, 0.5) is 0 Å². The fourth-order valence-corrected chi connectivity index (χ4v) is 7.99. The number of quaternary nitrogens is 1. The average molecular weight is 1120 g/mol. The zero-order valence-electron chi connectivity index (χ0n) is 51.8. The lowest BCUT2D eigenvalue weighted by molar-refractivity contribution is -0.870. The lowest BCUT2D eigenvalue weighted by Crippen LogP contribution is -2.44. The molecular weight excluding hydrogens is 1010 g/mol. The van der Waals surface area contributed by atoms with Crippen LogP contribution in [0.5, 0.6) is 0 Å². The molecule has 0 bridgehead atoms. The Kier molecular flexibility index (Phi) is 57.2. The molecule has 9 nitrogen and oxygen atoms in total. The van der Waals surface area contributed by atoms with Crippen LogP contribution >= 0.6 is 0 Å². The van der Waals surface area contributed by atoms with Crippen LogP contribution in [0, 0.1) is 0 Å². The van der Waals surface area contributed by atoms with Crippen LogP contribution in [0.1, 0.15) is 219 Å². The number of allylic oxidation sites excluding steroid dienone is 26. The van der Waals surface area contributed by atoms with E-state index in [9.17, 15) is 19.5 Å². The summed E-state index contributed by atoms with van der Waals surface area (Å²) in [7, 11) is 5.90. The molecule has 0 radical (unpaired) electrons. The number of aliphatic carboxylic acids is 1. The second-order valence-electron chi connectivity index (χ2n) is 21.6. The van der Waals surface area contributed by atoms with E-state index in [1.165, 1.54) is 57.8 Å². The van der Waals surface area contributed by atoms with Gasteiger partial charge in [0.25, 0.3) is 0 Å². The van der Waals surface area contributed by atoms with E-state index in [-0.39, 0.29) is 38.6 Å². The highest BCUT2D eigenvalue weighted by Gasteiger charge is 2.22. The van der Waals surface area contributed by atoms with Gasteiger partial charge in [-0.3, -0.25) is 9.59 Å². The van der Waals surface area contributed by atoms with Crippen LogP contribution in [-0.4, -0.2) is 82.3 Å². The summed E-state index contributed by atoms with van der Waals surface area (Å²) >= 11 is 0. The molecule has 456 valence electrons. The van der Waals surface area contributed by atoms with Gasteiger partial charge in [0.05, 0.1) is 40.3 Å². The molecule has 0 saturated heterocycles. The molecule has 0 amide bonds. The number of ether oxygens (including phenoxy) is 4. The summed E-state index contributed by atoms with van der Waals surface area (Å²) in [5, 5.41) is 11.8. The normalized spacial score (nSPS) is 13.8. The first-order valence-electron chi connectivity index (χ1n) is 31.6. The summed E-state index contributed by atoms with van der Waals surface area (Å²) in [5.41, 5.74) is 0. The number of hydrogen-bond acceptors (Lipinski definition) is 8. The molecule has 0 rings (SSSR count). The quantitative estimate of drug-likeness (QED) is 0.0195. The number of rotatable bonds is 56. The maximum Gasteiger partial charge on any atom is 0.306 e. The van der Waals surface area contributed by atoms with Crippen molar-refractivity contribution in [2.24, 2.45) is 0 Å². The van der Waals surface area contributed by atoms with Gasteiger partial charge in [0, 0.05) is 12.8 Å². The standard InChI is InChI=1S/C72H115NO8/c1-6-8-10-12-14-16-18-20-22-24-26-28-30-32-33-34-35-36-37-39-41-43-45-47-49-51-53-55-57-59-61-63-70(75)81-68(67-80-72(71(76)77)78-65-64-73(3,4)5)66-79-69(74)62-60-58-56-54-52-50-48-46-44-42-40-38-31-29-27-25-23-21-19-17-15-13-11-9-7-2/h8-11,14-17,20-23,26-29,32-33,35-36,39,41,45,47,51,53,68,72H,6-7,12-13,18-19,24-25,30-31,34,37-38,40,42-44,46,48-50,52,54-67H2,1-5H3/b10-8-,11-9-,16-14-,17-15-,22-20-,23-21-,28-26-,29-27-,33-32-,36-35-,41-39-,47-45-,53-51-. The molecule has 81 heavy (non-hydrogen) atoms. The molecular formula is C72H115NO8. The van der Waals surface area contributed by atoms with E-state index in [2.05, 4.69) is 172 Å². The van der Waals surface area contributed by atoms with Gasteiger partial charge in [0.1, 0.15) is 13.2 Å². The highest BCUT2D eigenvalue weighted by atomic mass is 16.7. The van der Waals surface area contributed by atoms with Gasteiger partial charge in [-0.05, 0) is 122 Å².